The van der Waals surface area contributed by atoms with Crippen molar-refractivity contribution < 1.29 is 23.5 Å². The second kappa shape index (κ2) is 7.76. The van der Waals surface area contributed by atoms with Gasteiger partial charge in [0.15, 0.2) is 6.10 Å². The molecule has 6 heteroatoms. The van der Waals surface area contributed by atoms with E-state index in [4.69, 9.17) is 13.9 Å². The molecule has 0 aliphatic heterocycles. The first-order chi connectivity index (χ1) is 13.6. The van der Waals surface area contributed by atoms with E-state index in [2.05, 4.69) is 5.32 Å². The predicted molar refractivity (Wildman–Crippen MR) is 103 cm³/mol. The van der Waals surface area contributed by atoms with Crippen molar-refractivity contribution in [2.75, 3.05) is 0 Å². The molecule has 0 saturated heterocycles. The highest BCUT2D eigenvalue weighted by Crippen LogP contribution is 2.28. The Hall–Kier alpha value is -3.28. The summed E-state index contributed by atoms with van der Waals surface area (Å²) in [4.78, 5) is 24.8. The number of hydrogen-bond donors (Lipinski definition) is 1. The average molecular weight is 379 g/mol. The molecule has 1 aliphatic carbocycles. The Morgan fingerprint density at radius 1 is 1.11 bits per heavy atom. The van der Waals surface area contributed by atoms with E-state index in [1.807, 2.05) is 48.5 Å². The van der Waals surface area contributed by atoms with Crippen molar-refractivity contribution in [3.63, 3.8) is 0 Å². The van der Waals surface area contributed by atoms with Gasteiger partial charge in [0.1, 0.15) is 17.9 Å². The lowest BCUT2D eigenvalue weighted by Gasteiger charge is -2.13. The maximum Gasteiger partial charge on any atom is 0.375 e. The van der Waals surface area contributed by atoms with Gasteiger partial charge in [-0.2, -0.15) is 0 Å². The lowest BCUT2D eigenvalue weighted by Crippen LogP contribution is -2.37. The highest BCUT2D eigenvalue weighted by Gasteiger charge is 2.29. The van der Waals surface area contributed by atoms with Gasteiger partial charge in [0, 0.05) is 11.4 Å². The fourth-order valence-electron chi connectivity index (χ4n) is 2.89. The number of para-hydroxylation sites is 2. The quantitative estimate of drug-likeness (QED) is 0.631. The van der Waals surface area contributed by atoms with Gasteiger partial charge in [0.05, 0.1) is 5.56 Å². The number of nitrogens with one attached hydrogen (secondary N) is 1. The van der Waals surface area contributed by atoms with Crippen LogP contribution in [0, 0.1) is 0 Å². The molecule has 144 valence electrons. The zero-order valence-electron chi connectivity index (χ0n) is 15.5. The Morgan fingerprint density at radius 3 is 2.57 bits per heavy atom. The fourth-order valence-corrected chi connectivity index (χ4v) is 2.89. The van der Waals surface area contributed by atoms with Crippen molar-refractivity contribution in [3.05, 3.63) is 65.9 Å². The van der Waals surface area contributed by atoms with Crippen LogP contribution in [0.5, 0.6) is 5.75 Å². The van der Waals surface area contributed by atoms with Crippen LogP contribution in [0.25, 0.3) is 11.0 Å². The van der Waals surface area contributed by atoms with E-state index in [-0.39, 0.29) is 24.3 Å². The first-order valence-corrected chi connectivity index (χ1v) is 9.31. The lowest BCUT2D eigenvalue weighted by molar-refractivity contribution is -0.129. The summed E-state index contributed by atoms with van der Waals surface area (Å²) in [7, 11) is 0. The third kappa shape index (κ3) is 4.01. The molecule has 1 aromatic heterocycles. The van der Waals surface area contributed by atoms with E-state index >= 15 is 0 Å². The molecule has 6 nitrogen and oxygen atoms in total. The molecule has 28 heavy (non-hydrogen) atoms. The third-order valence-corrected chi connectivity index (χ3v) is 4.59. The maximum absolute atomic E-state index is 12.7. The molecule has 1 heterocycles. The summed E-state index contributed by atoms with van der Waals surface area (Å²) in [6.45, 7) is 1.70. The van der Waals surface area contributed by atoms with Crippen LogP contribution in [-0.2, 0) is 16.1 Å². The largest absolute Gasteiger partial charge is 0.489 e. The molecule has 1 amide bonds. The maximum atomic E-state index is 12.7. The Morgan fingerprint density at radius 2 is 1.82 bits per heavy atom. The van der Waals surface area contributed by atoms with Gasteiger partial charge in [-0.05, 0) is 38.0 Å². The van der Waals surface area contributed by atoms with Gasteiger partial charge in [0.2, 0.25) is 5.76 Å². The first-order valence-electron chi connectivity index (χ1n) is 9.31. The number of hydrogen-bond acceptors (Lipinski definition) is 5. The number of esters is 1. The molecule has 1 N–H and O–H groups in total. The van der Waals surface area contributed by atoms with Crippen LogP contribution < -0.4 is 10.1 Å². The van der Waals surface area contributed by atoms with Crippen LogP contribution >= 0.6 is 0 Å². The van der Waals surface area contributed by atoms with Gasteiger partial charge < -0.3 is 19.2 Å². The minimum absolute atomic E-state index is 0.0585. The van der Waals surface area contributed by atoms with E-state index < -0.39 is 12.1 Å². The number of carbonyl (C=O) groups is 2. The fraction of sp³-hybridized carbons (Fsp3) is 0.273. The molecule has 0 radical (unpaired) electrons. The van der Waals surface area contributed by atoms with E-state index in [9.17, 15) is 9.59 Å². The van der Waals surface area contributed by atoms with Crippen molar-refractivity contribution in [1.29, 1.82) is 0 Å². The molecule has 3 aromatic rings. The molecule has 1 atom stereocenters. The summed E-state index contributed by atoms with van der Waals surface area (Å²) in [6.07, 6.45) is 1.04. The van der Waals surface area contributed by atoms with Crippen molar-refractivity contribution in [1.82, 2.24) is 5.32 Å². The lowest BCUT2D eigenvalue weighted by atomic mass is 10.1. The summed E-state index contributed by atoms with van der Waals surface area (Å²) >= 11 is 0. The summed E-state index contributed by atoms with van der Waals surface area (Å²) in [5, 5.41) is 3.61. The Labute approximate surface area is 162 Å². The van der Waals surface area contributed by atoms with E-state index in [0.29, 0.717) is 16.9 Å². The van der Waals surface area contributed by atoms with Gasteiger partial charge in [-0.15, -0.1) is 0 Å². The molecular formula is C22H21NO5. The summed E-state index contributed by atoms with van der Waals surface area (Å²) in [6, 6.07) is 16.9. The molecule has 4 rings (SSSR count). The minimum Gasteiger partial charge on any atom is -0.489 e. The molecule has 1 saturated carbocycles. The topological polar surface area (TPSA) is 77.8 Å². The Kier molecular flexibility index (Phi) is 5.02. The molecule has 0 bridgehead atoms. The van der Waals surface area contributed by atoms with Gasteiger partial charge in [-0.3, -0.25) is 4.79 Å². The van der Waals surface area contributed by atoms with Gasteiger partial charge >= 0.3 is 5.97 Å². The van der Waals surface area contributed by atoms with Crippen LogP contribution in [-0.4, -0.2) is 24.0 Å². The molecule has 1 unspecified atom stereocenters. The second-order valence-electron chi connectivity index (χ2n) is 6.84. The number of fused-ring (bicyclic) bond motifs is 1. The first kappa shape index (κ1) is 18.1. The van der Waals surface area contributed by atoms with Crippen molar-refractivity contribution in [3.8, 4) is 5.75 Å². The average Bonchev–Trinajstić information content (AvgIpc) is 3.45. The summed E-state index contributed by atoms with van der Waals surface area (Å²) in [5.74, 6) is -0.233. The van der Waals surface area contributed by atoms with Crippen molar-refractivity contribution in [2.24, 2.45) is 0 Å². The van der Waals surface area contributed by atoms with E-state index in [1.165, 1.54) is 0 Å². The molecule has 0 spiro atoms. The predicted octanol–water partition coefficient (Wildman–Crippen LogP) is 3.84. The molecular weight excluding hydrogens is 358 g/mol. The smallest absolute Gasteiger partial charge is 0.375 e. The zero-order chi connectivity index (χ0) is 19.5. The van der Waals surface area contributed by atoms with Crippen LogP contribution in [0.2, 0.25) is 0 Å². The summed E-state index contributed by atoms with van der Waals surface area (Å²) < 4.78 is 16.9. The molecule has 2 aromatic carbocycles. The van der Waals surface area contributed by atoms with Crippen LogP contribution in [0.4, 0.5) is 0 Å². The van der Waals surface area contributed by atoms with Crippen molar-refractivity contribution >= 4 is 22.8 Å². The van der Waals surface area contributed by atoms with Gasteiger partial charge in [-0.1, -0.05) is 36.4 Å². The second-order valence-corrected chi connectivity index (χ2v) is 6.84. The van der Waals surface area contributed by atoms with Crippen LogP contribution in [0.1, 0.15) is 35.9 Å². The number of ether oxygens (including phenoxy) is 2. The highest BCUT2D eigenvalue weighted by atomic mass is 16.6. The monoisotopic (exact) mass is 379 g/mol. The number of carbonyl (C=O) groups excluding carboxylic acids is 2. The van der Waals surface area contributed by atoms with E-state index in [1.54, 1.807) is 13.0 Å². The number of benzene rings is 2. The van der Waals surface area contributed by atoms with Crippen LogP contribution in [0.15, 0.2) is 59.0 Å². The number of rotatable bonds is 7. The number of amides is 1. The van der Waals surface area contributed by atoms with Gasteiger partial charge in [0.25, 0.3) is 5.91 Å². The third-order valence-electron chi connectivity index (χ3n) is 4.59. The molecule has 1 fully saturated rings. The zero-order valence-corrected chi connectivity index (χ0v) is 15.5. The molecule has 1 aliphatic rings. The SMILES string of the molecule is CC(OC(=O)c1oc2ccccc2c1COc1ccccc1)C(=O)NC1CC1. The normalized spacial score (nSPS) is 14.5. The van der Waals surface area contributed by atoms with Crippen LogP contribution in [0.3, 0.4) is 0 Å². The highest BCUT2D eigenvalue weighted by molar-refractivity contribution is 5.97. The standard InChI is InChI=1S/C22H21NO5/c1-14(21(24)23-15-11-12-15)27-22(25)20-18(13-26-16-7-3-2-4-8-16)17-9-5-6-10-19(17)28-20/h2-10,14-15H,11-13H2,1H3,(H,23,24). The Bertz CT molecular complexity index is 991. The minimum atomic E-state index is -0.899. The summed E-state index contributed by atoms with van der Waals surface area (Å²) in [5.41, 5.74) is 1.16. The Balaban J connectivity index is 1.54. The van der Waals surface area contributed by atoms with Crippen molar-refractivity contribution in [2.45, 2.75) is 38.5 Å². The van der Waals surface area contributed by atoms with Gasteiger partial charge in [-0.25, -0.2) is 4.79 Å². The van der Waals surface area contributed by atoms with E-state index in [0.717, 1.165) is 18.2 Å². The number of furan rings is 1.